The van der Waals surface area contributed by atoms with Crippen molar-refractivity contribution in [2.24, 2.45) is 0 Å². The standard InChI is InChI=1S/C46H43FN4O.Pt/c1-30-24-31(2)45(33-14-7-4-8-15-33)46(44(30)32-12-5-3-6-13-32)34-28-49-50(29-34)36-16-11-17-37(26-36)52-38-20-21-40-39-18-9-10-19-41(39)51(42(40)27-38)43-25-35(47)22-23-48-43;/h9-11,16-25,28-29,32-33H,3-8,12-15H2,1-2H3;/q-2;+2. The second-order valence-electron chi connectivity index (χ2n) is 14.8. The van der Waals surface area contributed by atoms with Gasteiger partial charge in [-0.3, -0.25) is 4.68 Å². The molecule has 0 amide bonds. The number of aromatic nitrogens is 4. The van der Waals surface area contributed by atoms with Gasteiger partial charge in [-0.2, -0.15) is 17.2 Å². The van der Waals surface area contributed by atoms with Crippen LogP contribution in [0.1, 0.15) is 98.3 Å². The van der Waals surface area contributed by atoms with E-state index in [2.05, 4.69) is 55.5 Å². The third-order valence-corrected chi connectivity index (χ3v) is 11.4. The summed E-state index contributed by atoms with van der Waals surface area (Å²) in [5.74, 6) is 2.44. The molecule has 53 heavy (non-hydrogen) atoms. The molecule has 0 radical (unpaired) electrons. The monoisotopic (exact) mass is 881 g/mol. The fraction of sp³-hybridized carbons (Fsp3) is 0.304. The van der Waals surface area contributed by atoms with Crippen LogP contribution >= 0.6 is 0 Å². The molecule has 0 spiro atoms. The second kappa shape index (κ2) is 15.1. The van der Waals surface area contributed by atoms with Gasteiger partial charge in [0.2, 0.25) is 0 Å². The third kappa shape index (κ3) is 6.76. The van der Waals surface area contributed by atoms with E-state index in [1.54, 1.807) is 11.1 Å². The molecule has 9 rings (SSSR count). The van der Waals surface area contributed by atoms with Crippen LogP contribution < -0.4 is 4.74 Å². The maximum absolute atomic E-state index is 14.3. The van der Waals surface area contributed by atoms with Gasteiger partial charge < -0.3 is 9.30 Å². The first-order valence-electron chi connectivity index (χ1n) is 19.0. The summed E-state index contributed by atoms with van der Waals surface area (Å²) < 4.78 is 24.6. The second-order valence-corrected chi connectivity index (χ2v) is 14.8. The Labute approximate surface area is 325 Å². The fourth-order valence-corrected chi connectivity index (χ4v) is 9.18. The molecule has 2 fully saturated rings. The minimum Gasteiger partial charge on any atom is -0.509 e. The molecular formula is C46H43FN4OPt. The van der Waals surface area contributed by atoms with Crippen molar-refractivity contribution in [3.05, 3.63) is 132 Å². The van der Waals surface area contributed by atoms with Gasteiger partial charge in [0.15, 0.2) is 0 Å². The van der Waals surface area contributed by atoms with Gasteiger partial charge in [0, 0.05) is 41.0 Å². The van der Waals surface area contributed by atoms with Crippen LogP contribution in [0.5, 0.6) is 11.5 Å². The van der Waals surface area contributed by atoms with Crippen molar-refractivity contribution in [2.45, 2.75) is 89.9 Å². The van der Waals surface area contributed by atoms with E-state index in [-0.39, 0.29) is 26.9 Å². The number of ether oxygens (including phenoxy) is 1. The van der Waals surface area contributed by atoms with Gasteiger partial charge >= 0.3 is 21.1 Å². The van der Waals surface area contributed by atoms with Crippen LogP contribution in [0.4, 0.5) is 4.39 Å². The van der Waals surface area contributed by atoms with Crippen molar-refractivity contribution in [3.63, 3.8) is 0 Å². The first kappa shape index (κ1) is 35.5. The number of pyridine rings is 1. The van der Waals surface area contributed by atoms with E-state index >= 15 is 0 Å². The molecular weight excluding hydrogens is 839 g/mol. The Morgan fingerprint density at radius 2 is 1.43 bits per heavy atom. The summed E-state index contributed by atoms with van der Waals surface area (Å²) in [7, 11) is 0. The van der Waals surface area contributed by atoms with Crippen LogP contribution in [0.2, 0.25) is 0 Å². The molecule has 4 aromatic carbocycles. The Morgan fingerprint density at radius 3 is 2.15 bits per heavy atom. The number of nitrogens with zero attached hydrogens (tertiary/aromatic N) is 4. The number of fused-ring (bicyclic) bond motifs is 3. The van der Waals surface area contributed by atoms with Crippen molar-refractivity contribution >= 4 is 21.8 Å². The van der Waals surface area contributed by atoms with E-state index in [4.69, 9.17) is 9.84 Å². The predicted octanol–water partition coefficient (Wildman–Crippen LogP) is 12.3. The minimum atomic E-state index is -0.343. The van der Waals surface area contributed by atoms with E-state index in [0.717, 1.165) is 27.5 Å². The van der Waals surface area contributed by atoms with Crippen molar-refractivity contribution in [2.75, 3.05) is 0 Å². The molecule has 0 unspecified atom stereocenters. The molecule has 0 aliphatic heterocycles. The molecule has 2 saturated carbocycles. The average Bonchev–Trinajstić information content (AvgIpc) is 3.79. The summed E-state index contributed by atoms with van der Waals surface area (Å²) in [4.78, 5) is 4.48. The van der Waals surface area contributed by atoms with Crippen molar-refractivity contribution in [3.8, 4) is 34.1 Å². The van der Waals surface area contributed by atoms with Crippen molar-refractivity contribution < 1.29 is 30.2 Å². The number of hydrogen-bond donors (Lipinski definition) is 0. The van der Waals surface area contributed by atoms with Crippen molar-refractivity contribution in [1.82, 2.24) is 19.3 Å². The van der Waals surface area contributed by atoms with Crippen LogP contribution in [0.3, 0.4) is 0 Å². The Kier molecular flexibility index (Phi) is 10.1. The normalized spacial score (nSPS) is 15.5. The zero-order chi connectivity index (χ0) is 35.2. The first-order chi connectivity index (χ1) is 25.5. The Hall–Kier alpha value is -4.54. The quantitative estimate of drug-likeness (QED) is 0.150. The number of rotatable bonds is 7. The van der Waals surface area contributed by atoms with Gasteiger partial charge in [-0.05, 0) is 102 Å². The Morgan fingerprint density at radius 1 is 0.736 bits per heavy atom. The van der Waals surface area contributed by atoms with Crippen molar-refractivity contribution in [1.29, 1.82) is 0 Å². The Bertz CT molecular complexity index is 2370. The molecule has 270 valence electrons. The zero-order valence-corrected chi connectivity index (χ0v) is 32.5. The summed E-state index contributed by atoms with van der Waals surface area (Å²) in [6.07, 6.45) is 18.8. The number of halogens is 1. The van der Waals surface area contributed by atoms with Crippen LogP contribution in [-0.4, -0.2) is 19.3 Å². The number of aryl methyl sites for hydroxylation is 2. The molecule has 0 bridgehead atoms. The van der Waals surface area contributed by atoms with Gasteiger partial charge in [0.1, 0.15) is 11.6 Å². The topological polar surface area (TPSA) is 44.9 Å². The van der Waals surface area contributed by atoms with E-state index in [1.807, 2.05) is 57.8 Å². The molecule has 3 heterocycles. The maximum Gasteiger partial charge on any atom is 2.00 e. The van der Waals surface area contributed by atoms with Gasteiger partial charge in [-0.25, -0.2) is 9.37 Å². The third-order valence-electron chi connectivity index (χ3n) is 11.4. The molecule has 5 nitrogen and oxygen atoms in total. The summed E-state index contributed by atoms with van der Waals surface area (Å²) >= 11 is 0. The van der Waals surface area contributed by atoms with Gasteiger partial charge in [0.25, 0.3) is 0 Å². The van der Waals surface area contributed by atoms with E-state index in [9.17, 15) is 4.39 Å². The smallest absolute Gasteiger partial charge is 0.509 e. The zero-order valence-electron chi connectivity index (χ0n) is 30.3. The molecule has 2 aliphatic carbocycles. The molecule has 0 saturated heterocycles. The number of benzene rings is 4. The van der Waals surface area contributed by atoms with Gasteiger partial charge in [-0.15, -0.1) is 35.7 Å². The van der Waals surface area contributed by atoms with Gasteiger partial charge in [-0.1, -0.05) is 68.3 Å². The molecule has 2 aliphatic rings. The molecule has 7 aromatic rings. The minimum absolute atomic E-state index is 0. The van der Waals surface area contributed by atoms with Crippen LogP contribution in [-0.2, 0) is 21.1 Å². The molecule has 3 aromatic heterocycles. The summed E-state index contributed by atoms with van der Waals surface area (Å²) in [6, 6.07) is 30.1. The van der Waals surface area contributed by atoms with Gasteiger partial charge in [0.05, 0.1) is 6.20 Å². The molecule has 0 N–H and O–H groups in total. The first-order valence-corrected chi connectivity index (χ1v) is 19.0. The summed E-state index contributed by atoms with van der Waals surface area (Å²) in [5, 5.41) is 6.97. The number of hydrogen-bond acceptors (Lipinski definition) is 3. The predicted molar refractivity (Wildman–Crippen MR) is 206 cm³/mol. The van der Waals surface area contributed by atoms with E-state index in [1.165, 1.54) is 105 Å². The average molecular weight is 882 g/mol. The summed E-state index contributed by atoms with van der Waals surface area (Å²) in [6.45, 7) is 4.65. The van der Waals surface area contributed by atoms with Crippen LogP contribution in [0.25, 0.3) is 44.4 Å². The molecule has 0 atom stereocenters. The van der Waals surface area contributed by atoms with Crippen LogP contribution in [0, 0.1) is 31.8 Å². The SMILES string of the molecule is Cc1cc(C)c(C2CCCCC2)c(-c2cnn(-c3[c-]c(Oc4[c-]c5c(cc4)c4ccccc4n5-c4cc(F)ccn4)ccc3)c2)c1C1CCCCC1.[Pt+2]. The maximum atomic E-state index is 14.3. The summed E-state index contributed by atoms with van der Waals surface area (Å²) in [5.41, 5.74) is 11.1. The number of para-hydroxylation sites is 1. The largest absolute Gasteiger partial charge is 2.00 e. The Balaban J connectivity index is 0.00000400. The van der Waals surface area contributed by atoms with E-state index in [0.29, 0.717) is 29.2 Å². The fourth-order valence-electron chi connectivity index (χ4n) is 9.18. The molecule has 7 heteroatoms. The van der Waals surface area contributed by atoms with E-state index < -0.39 is 0 Å². The van der Waals surface area contributed by atoms with Crippen LogP contribution in [0.15, 0.2) is 91.4 Å².